The first-order chi connectivity index (χ1) is 13.2. The number of carbonyl (C=O) groups excluding carboxylic acids is 1. The Hall–Kier alpha value is -1.38. The second-order valence-electron chi connectivity index (χ2n) is 7.98. The zero-order valence-electron chi connectivity index (χ0n) is 17.9. The summed E-state index contributed by atoms with van der Waals surface area (Å²) >= 11 is 0. The molecule has 0 aromatic carbocycles. The summed E-state index contributed by atoms with van der Waals surface area (Å²) in [6.07, 6.45) is 5.31. The first-order valence-corrected chi connectivity index (χ1v) is 10.6. The molecule has 1 heterocycles. The van der Waals surface area contributed by atoms with Gasteiger partial charge in [-0.2, -0.15) is 5.06 Å². The van der Waals surface area contributed by atoms with Gasteiger partial charge in [-0.25, -0.2) is 4.79 Å². The molecule has 0 spiro atoms. The third kappa shape index (κ3) is 5.81. The summed E-state index contributed by atoms with van der Waals surface area (Å²) in [4.78, 5) is 22.9. The number of amides is 1. The van der Waals surface area contributed by atoms with Crippen LogP contribution in [0.1, 0.15) is 85.5 Å². The fraction of sp³-hybridized carbons (Fsp3) is 0.900. The van der Waals surface area contributed by atoms with Crippen LogP contribution in [0, 0.1) is 0 Å². The van der Waals surface area contributed by atoms with Crippen molar-refractivity contribution in [3.05, 3.63) is 0 Å². The maximum absolute atomic E-state index is 12.2. The molecule has 1 rings (SSSR count). The van der Waals surface area contributed by atoms with Gasteiger partial charge < -0.3 is 26.1 Å². The number of carboxylic acids is 1. The predicted molar refractivity (Wildman–Crippen MR) is 107 cm³/mol. The minimum atomic E-state index is -1.01. The summed E-state index contributed by atoms with van der Waals surface area (Å²) < 4.78 is 5.72. The average molecular weight is 402 g/mol. The molecule has 1 aliphatic heterocycles. The number of ether oxygens (including phenoxy) is 1. The molecule has 1 amide bonds. The van der Waals surface area contributed by atoms with E-state index in [0.29, 0.717) is 38.6 Å². The predicted octanol–water partition coefficient (Wildman–Crippen LogP) is 3.27. The molecular formula is C20H39N3O5. The number of carboxylic acid groups (broad SMARTS) is 1. The molecule has 1 fully saturated rings. The first kappa shape index (κ1) is 24.7. The third-order valence-corrected chi connectivity index (χ3v) is 6.55. The molecule has 28 heavy (non-hydrogen) atoms. The maximum atomic E-state index is 12.2. The third-order valence-electron chi connectivity index (χ3n) is 6.55. The molecule has 0 saturated carbocycles. The zero-order valence-corrected chi connectivity index (χ0v) is 17.9. The van der Waals surface area contributed by atoms with Gasteiger partial charge in [0.25, 0.3) is 0 Å². The molecule has 1 aliphatic rings. The van der Waals surface area contributed by atoms with E-state index in [-0.39, 0.29) is 17.2 Å². The number of aliphatic carboxylic acids is 1. The highest BCUT2D eigenvalue weighted by atomic mass is 16.6. The van der Waals surface area contributed by atoms with Gasteiger partial charge in [-0.1, -0.05) is 27.7 Å². The lowest BCUT2D eigenvalue weighted by atomic mass is 9.72. The number of alkyl carbamates (subject to hydrolysis) is 1. The smallest absolute Gasteiger partial charge is 0.407 e. The lowest BCUT2D eigenvalue weighted by Crippen LogP contribution is -2.65. The van der Waals surface area contributed by atoms with Crippen molar-refractivity contribution in [2.45, 2.75) is 109 Å². The number of nitrogens with two attached hydrogens (primary N) is 1. The topological polar surface area (TPSA) is 125 Å². The van der Waals surface area contributed by atoms with Gasteiger partial charge in [-0.15, -0.1) is 0 Å². The van der Waals surface area contributed by atoms with E-state index in [1.807, 2.05) is 0 Å². The Labute approximate surface area is 168 Å². The van der Waals surface area contributed by atoms with E-state index in [4.69, 9.17) is 15.6 Å². The van der Waals surface area contributed by atoms with Gasteiger partial charge in [-0.3, -0.25) is 4.79 Å². The van der Waals surface area contributed by atoms with E-state index in [0.717, 1.165) is 25.7 Å². The van der Waals surface area contributed by atoms with Crippen molar-refractivity contribution in [3.8, 4) is 0 Å². The molecule has 0 aliphatic carbocycles. The van der Waals surface area contributed by atoms with Crippen LogP contribution in [-0.4, -0.2) is 57.2 Å². The Morgan fingerprint density at radius 1 is 1.11 bits per heavy atom. The van der Waals surface area contributed by atoms with Gasteiger partial charge in [0.15, 0.2) is 0 Å². The molecule has 0 unspecified atom stereocenters. The van der Waals surface area contributed by atoms with Gasteiger partial charge in [0.2, 0.25) is 0 Å². The van der Waals surface area contributed by atoms with Crippen LogP contribution in [0.15, 0.2) is 0 Å². The number of piperidine rings is 1. The Balaban J connectivity index is 2.59. The second-order valence-corrected chi connectivity index (χ2v) is 7.98. The van der Waals surface area contributed by atoms with Gasteiger partial charge in [-0.05, 0) is 44.9 Å². The lowest BCUT2D eigenvalue weighted by Gasteiger charge is -2.56. The van der Waals surface area contributed by atoms with E-state index < -0.39 is 18.1 Å². The molecule has 1 saturated heterocycles. The number of hydrogen-bond acceptors (Lipinski definition) is 6. The van der Waals surface area contributed by atoms with Crippen molar-refractivity contribution in [3.63, 3.8) is 0 Å². The van der Waals surface area contributed by atoms with E-state index >= 15 is 0 Å². The van der Waals surface area contributed by atoms with Crippen LogP contribution in [0.5, 0.6) is 0 Å². The number of nitrogens with zero attached hydrogens (tertiary/aromatic N) is 1. The zero-order chi connectivity index (χ0) is 21.4. The molecule has 8 heteroatoms. The van der Waals surface area contributed by atoms with Crippen LogP contribution in [0.2, 0.25) is 0 Å². The Kier molecular flexibility index (Phi) is 9.66. The number of carbonyl (C=O) groups is 2. The van der Waals surface area contributed by atoms with Crippen molar-refractivity contribution in [2.75, 3.05) is 6.54 Å². The van der Waals surface area contributed by atoms with E-state index in [1.165, 1.54) is 0 Å². The monoisotopic (exact) mass is 401 g/mol. The Morgan fingerprint density at radius 3 is 2.04 bits per heavy atom. The quantitative estimate of drug-likeness (QED) is 0.392. The summed E-state index contributed by atoms with van der Waals surface area (Å²) in [5.41, 5.74) is 4.69. The summed E-state index contributed by atoms with van der Waals surface area (Å²) in [6.45, 7) is 8.67. The summed E-state index contributed by atoms with van der Waals surface area (Å²) in [5, 5.41) is 24.1. The summed E-state index contributed by atoms with van der Waals surface area (Å²) in [7, 11) is 0. The standard InChI is InChI=1S/C20H39N3O5/c1-5-19(6-2)13-15(14-20(7-3,8-4)23(19)27)28-18(26)22-12-10-9-11-16(21)17(24)25/h15-16,27H,5-14,21H2,1-4H3,(H,22,26)(H,24,25)/t16-/m0/s1. The minimum Gasteiger partial charge on any atom is -0.480 e. The number of unbranched alkanes of at least 4 members (excludes halogenated alkanes) is 1. The number of hydroxylamine groups is 2. The number of rotatable bonds is 11. The molecule has 0 radical (unpaired) electrons. The molecule has 1 atom stereocenters. The normalized spacial score (nSPS) is 20.5. The maximum Gasteiger partial charge on any atom is 0.407 e. The van der Waals surface area contributed by atoms with Crippen LogP contribution in [0.25, 0.3) is 0 Å². The van der Waals surface area contributed by atoms with Crippen LogP contribution >= 0.6 is 0 Å². The molecule has 8 nitrogen and oxygen atoms in total. The van der Waals surface area contributed by atoms with Gasteiger partial charge in [0.05, 0.1) is 0 Å². The fourth-order valence-electron chi connectivity index (χ4n) is 4.35. The van der Waals surface area contributed by atoms with Gasteiger partial charge in [0.1, 0.15) is 12.1 Å². The van der Waals surface area contributed by atoms with E-state index in [9.17, 15) is 14.8 Å². The summed E-state index contributed by atoms with van der Waals surface area (Å²) in [5.74, 6) is -1.01. The van der Waals surface area contributed by atoms with E-state index in [1.54, 1.807) is 5.06 Å². The SMILES string of the molecule is CCC1(CC)CC(OC(=O)NCCCC[C@H](N)C(=O)O)CC(CC)(CC)N1O. The highest BCUT2D eigenvalue weighted by Crippen LogP contribution is 2.45. The average Bonchev–Trinajstić information content (AvgIpc) is 2.68. The van der Waals surface area contributed by atoms with Crippen molar-refractivity contribution in [1.82, 2.24) is 10.4 Å². The van der Waals surface area contributed by atoms with Crippen LogP contribution < -0.4 is 11.1 Å². The van der Waals surface area contributed by atoms with Crippen molar-refractivity contribution < 1.29 is 24.6 Å². The highest BCUT2D eigenvalue weighted by molar-refractivity contribution is 5.72. The highest BCUT2D eigenvalue weighted by Gasteiger charge is 2.52. The second kappa shape index (κ2) is 11.0. The first-order valence-electron chi connectivity index (χ1n) is 10.6. The van der Waals surface area contributed by atoms with Crippen LogP contribution in [0.3, 0.4) is 0 Å². The molecule has 164 valence electrons. The van der Waals surface area contributed by atoms with Crippen molar-refractivity contribution >= 4 is 12.1 Å². The largest absolute Gasteiger partial charge is 0.480 e. The van der Waals surface area contributed by atoms with Crippen molar-refractivity contribution in [1.29, 1.82) is 0 Å². The molecule has 0 aromatic heterocycles. The van der Waals surface area contributed by atoms with Crippen LogP contribution in [-0.2, 0) is 9.53 Å². The molecular weight excluding hydrogens is 362 g/mol. The van der Waals surface area contributed by atoms with E-state index in [2.05, 4.69) is 33.0 Å². The number of hydrogen-bond donors (Lipinski definition) is 4. The molecule has 0 aromatic rings. The fourth-order valence-corrected chi connectivity index (χ4v) is 4.35. The van der Waals surface area contributed by atoms with Gasteiger partial charge in [0, 0.05) is 30.5 Å². The van der Waals surface area contributed by atoms with Crippen LogP contribution in [0.4, 0.5) is 4.79 Å². The molecule has 5 N–H and O–H groups in total. The molecule has 0 bridgehead atoms. The van der Waals surface area contributed by atoms with Crippen molar-refractivity contribution in [2.24, 2.45) is 5.73 Å². The van der Waals surface area contributed by atoms with Gasteiger partial charge >= 0.3 is 12.1 Å². The Morgan fingerprint density at radius 2 is 1.61 bits per heavy atom. The summed E-state index contributed by atoms with van der Waals surface area (Å²) in [6, 6.07) is -0.858. The number of nitrogens with one attached hydrogen (secondary N) is 1. The lowest BCUT2D eigenvalue weighted by molar-refractivity contribution is -0.280. The Bertz CT molecular complexity index is 484. The minimum absolute atomic E-state index is 0.247.